The molecule has 0 saturated heterocycles. The summed E-state index contributed by atoms with van der Waals surface area (Å²) in [6.07, 6.45) is 1.40. The Labute approximate surface area is 201 Å². The predicted molar refractivity (Wildman–Crippen MR) is 128 cm³/mol. The molecule has 164 valence electrons. The Morgan fingerprint density at radius 1 is 0.812 bits per heavy atom. The van der Waals surface area contributed by atoms with E-state index in [1.165, 1.54) is 26.5 Å². The van der Waals surface area contributed by atoms with E-state index >= 15 is 0 Å². The maximum atomic E-state index is 12.7. The maximum absolute atomic E-state index is 12.7. The van der Waals surface area contributed by atoms with Gasteiger partial charge in [0.05, 0.1) is 26.0 Å². The monoisotopic (exact) mass is 560 g/mol. The number of nitrogens with one attached hydrogen (secondary N) is 1. The molecule has 9 heteroatoms. The van der Waals surface area contributed by atoms with Gasteiger partial charge < -0.3 is 14.2 Å². The lowest BCUT2D eigenvalue weighted by molar-refractivity contribution is 0.0733. The van der Waals surface area contributed by atoms with Crippen LogP contribution in [0.1, 0.15) is 26.3 Å². The molecule has 0 saturated carbocycles. The number of amides is 1. The molecule has 0 bridgehead atoms. The molecule has 0 unspecified atom stereocenters. The largest absolute Gasteiger partial charge is 0.493 e. The minimum atomic E-state index is -0.582. The molecule has 0 fully saturated rings. The van der Waals surface area contributed by atoms with E-state index in [4.69, 9.17) is 14.2 Å². The first-order chi connectivity index (χ1) is 15.4. The molecular formula is C23H18Br2N2O5. The molecule has 1 N–H and O–H groups in total. The van der Waals surface area contributed by atoms with E-state index < -0.39 is 5.97 Å². The number of methoxy groups -OCH3 is 2. The maximum Gasteiger partial charge on any atom is 0.343 e. The van der Waals surface area contributed by atoms with Crippen LogP contribution in [0.15, 0.2) is 74.7 Å². The predicted octanol–water partition coefficient (Wildman–Crippen LogP) is 5.21. The summed E-state index contributed by atoms with van der Waals surface area (Å²) in [5.41, 5.74) is 3.69. The third kappa shape index (κ3) is 5.95. The third-order valence-electron chi connectivity index (χ3n) is 4.27. The van der Waals surface area contributed by atoms with Crippen molar-refractivity contribution in [2.45, 2.75) is 0 Å². The number of hydrogen-bond donors (Lipinski definition) is 1. The van der Waals surface area contributed by atoms with E-state index in [-0.39, 0.29) is 17.2 Å². The summed E-state index contributed by atoms with van der Waals surface area (Å²) in [6.45, 7) is 0. The van der Waals surface area contributed by atoms with Gasteiger partial charge in [0.25, 0.3) is 5.91 Å². The summed E-state index contributed by atoms with van der Waals surface area (Å²) in [5, 5.41) is 3.99. The van der Waals surface area contributed by atoms with Crippen molar-refractivity contribution in [2.24, 2.45) is 5.10 Å². The van der Waals surface area contributed by atoms with Crippen molar-refractivity contribution < 1.29 is 23.8 Å². The zero-order chi connectivity index (χ0) is 23.1. The number of carbonyl (C=O) groups excluding carboxylic acids is 2. The van der Waals surface area contributed by atoms with Crippen LogP contribution in [0.3, 0.4) is 0 Å². The first kappa shape index (κ1) is 23.5. The molecule has 0 aliphatic rings. The SMILES string of the molecule is COc1ccc(C(=O)Oc2ccc(Br)cc2/C=N/NC(=O)c2ccc(Br)cc2)cc1OC. The van der Waals surface area contributed by atoms with E-state index in [0.29, 0.717) is 22.6 Å². The van der Waals surface area contributed by atoms with Gasteiger partial charge in [-0.15, -0.1) is 0 Å². The van der Waals surface area contributed by atoms with E-state index in [0.717, 1.165) is 8.95 Å². The Kier molecular flexibility index (Phi) is 8.02. The molecule has 7 nitrogen and oxygen atoms in total. The summed E-state index contributed by atoms with van der Waals surface area (Å²) < 4.78 is 17.6. The summed E-state index contributed by atoms with van der Waals surface area (Å²) in [7, 11) is 3.00. The molecule has 0 spiro atoms. The highest BCUT2D eigenvalue weighted by Gasteiger charge is 2.15. The van der Waals surface area contributed by atoms with Crippen LogP contribution in [0, 0.1) is 0 Å². The van der Waals surface area contributed by atoms with E-state index in [2.05, 4.69) is 42.4 Å². The zero-order valence-electron chi connectivity index (χ0n) is 17.1. The standard InChI is InChI=1S/C23H18Br2N2O5/c1-30-20-9-5-15(12-21(20)31-2)23(29)32-19-10-8-18(25)11-16(19)13-26-27-22(28)14-3-6-17(24)7-4-14/h3-13H,1-2H3,(H,27,28)/b26-13+. The van der Waals surface area contributed by atoms with Crippen molar-refractivity contribution in [3.63, 3.8) is 0 Å². The van der Waals surface area contributed by atoms with Gasteiger partial charge in [-0.05, 0) is 60.7 Å². The van der Waals surface area contributed by atoms with Crippen LogP contribution in [0.2, 0.25) is 0 Å². The Morgan fingerprint density at radius 2 is 1.44 bits per heavy atom. The number of esters is 1. The van der Waals surface area contributed by atoms with Crippen molar-refractivity contribution in [1.82, 2.24) is 5.43 Å². The third-order valence-corrected chi connectivity index (χ3v) is 5.29. The average molecular weight is 562 g/mol. The molecular weight excluding hydrogens is 544 g/mol. The molecule has 0 atom stereocenters. The second-order valence-corrected chi connectivity index (χ2v) is 8.18. The van der Waals surface area contributed by atoms with Crippen molar-refractivity contribution in [2.75, 3.05) is 14.2 Å². The van der Waals surface area contributed by atoms with Gasteiger partial charge in [0.15, 0.2) is 11.5 Å². The first-order valence-corrected chi connectivity index (χ1v) is 10.8. The summed E-state index contributed by atoms with van der Waals surface area (Å²) in [4.78, 5) is 24.9. The van der Waals surface area contributed by atoms with Crippen molar-refractivity contribution in [3.05, 3.63) is 86.3 Å². The zero-order valence-corrected chi connectivity index (χ0v) is 20.3. The van der Waals surface area contributed by atoms with E-state index in [1.54, 1.807) is 54.6 Å². The fraction of sp³-hybridized carbons (Fsp3) is 0.0870. The molecule has 32 heavy (non-hydrogen) atoms. The highest BCUT2D eigenvalue weighted by atomic mass is 79.9. The van der Waals surface area contributed by atoms with Gasteiger partial charge in [0, 0.05) is 20.1 Å². The fourth-order valence-electron chi connectivity index (χ4n) is 2.66. The normalized spacial score (nSPS) is 10.6. The Bertz CT molecular complexity index is 1160. The number of benzene rings is 3. The van der Waals surface area contributed by atoms with Gasteiger partial charge in [0.2, 0.25) is 0 Å². The molecule has 3 aromatic rings. The number of rotatable bonds is 7. The highest BCUT2D eigenvalue weighted by molar-refractivity contribution is 9.10. The number of halogens is 2. The quantitative estimate of drug-likeness (QED) is 0.185. The lowest BCUT2D eigenvalue weighted by Gasteiger charge is -2.11. The second kappa shape index (κ2) is 10.9. The van der Waals surface area contributed by atoms with Crippen molar-refractivity contribution in [1.29, 1.82) is 0 Å². The fourth-order valence-corrected chi connectivity index (χ4v) is 3.30. The topological polar surface area (TPSA) is 86.2 Å². The van der Waals surface area contributed by atoms with Crippen LogP contribution >= 0.6 is 31.9 Å². The van der Waals surface area contributed by atoms with Gasteiger partial charge in [-0.25, -0.2) is 10.2 Å². The molecule has 0 aliphatic carbocycles. The summed E-state index contributed by atoms with van der Waals surface area (Å²) in [6, 6.07) is 16.7. The molecule has 0 aromatic heterocycles. The Balaban J connectivity index is 1.76. The van der Waals surface area contributed by atoms with Gasteiger partial charge in [-0.2, -0.15) is 5.10 Å². The number of carbonyl (C=O) groups is 2. The van der Waals surface area contributed by atoms with Crippen LogP contribution in [-0.2, 0) is 0 Å². The Hall–Kier alpha value is -3.17. The lowest BCUT2D eigenvalue weighted by Crippen LogP contribution is -2.17. The van der Waals surface area contributed by atoms with Gasteiger partial charge >= 0.3 is 5.97 Å². The molecule has 0 radical (unpaired) electrons. The lowest BCUT2D eigenvalue weighted by atomic mass is 10.2. The van der Waals surface area contributed by atoms with Crippen LogP contribution < -0.4 is 19.6 Å². The van der Waals surface area contributed by atoms with Crippen molar-refractivity contribution >= 4 is 50.0 Å². The van der Waals surface area contributed by atoms with E-state index in [9.17, 15) is 9.59 Å². The average Bonchev–Trinajstić information content (AvgIpc) is 2.80. The molecule has 0 heterocycles. The summed E-state index contributed by atoms with van der Waals surface area (Å²) >= 11 is 6.71. The number of hydrogen-bond acceptors (Lipinski definition) is 6. The van der Waals surface area contributed by atoms with Crippen LogP contribution in [0.5, 0.6) is 17.2 Å². The Morgan fingerprint density at radius 3 is 2.12 bits per heavy atom. The number of ether oxygens (including phenoxy) is 3. The van der Waals surface area contributed by atoms with Gasteiger partial charge in [-0.3, -0.25) is 4.79 Å². The second-order valence-electron chi connectivity index (χ2n) is 6.35. The van der Waals surface area contributed by atoms with Crippen LogP contribution in [0.25, 0.3) is 0 Å². The summed E-state index contributed by atoms with van der Waals surface area (Å²) in [5.74, 6) is 0.237. The smallest absolute Gasteiger partial charge is 0.343 e. The molecule has 3 aromatic carbocycles. The van der Waals surface area contributed by atoms with Crippen molar-refractivity contribution in [3.8, 4) is 17.2 Å². The minimum Gasteiger partial charge on any atom is -0.493 e. The highest BCUT2D eigenvalue weighted by Crippen LogP contribution is 2.29. The molecule has 0 aliphatic heterocycles. The minimum absolute atomic E-state index is 0.273. The number of hydrazone groups is 1. The first-order valence-electron chi connectivity index (χ1n) is 9.24. The molecule has 3 rings (SSSR count). The number of nitrogens with zero attached hydrogens (tertiary/aromatic N) is 1. The van der Waals surface area contributed by atoms with E-state index in [1.807, 2.05) is 0 Å². The van der Waals surface area contributed by atoms with Gasteiger partial charge in [0.1, 0.15) is 5.75 Å². The van der Waals surface area contributed by atoms with Crippen LogP contribution in [0.4, 0.5) is 0 Å². The van der Waals surface area contributed by atoms with Gasteiger partial charge in [-0.1, -0.05) is 31.9 Å². The van der Waals surface area contributed by atoms with Crippen LogP contribution in [-0.4, -0.2) is 32.3 Å². The molecule has 1 amide bonds.